The zero-order valence-corrected chi connectivity index (χ0v) is 14.7. The largest absolute Gasteiger partial charge is 0.584 e. The summed E-state index contributed by atoms with van der Waals surface area (Å²) in [7, 11) is -4.31. The zero-order valence-electron chi connectivity index (χ0n) is 13.8. The standard InChI is InChI=1S/C19H20NO4P/c1-14(20)13-15-9-11-17(12-10-15)23-25(21,22)24-19-8-4-6-16-5-2-3-7-18(16)19/h2-12,14H,13,20H2,1H3,(H,21,22). The van der Waals surface area contributed by atoms with E-state index in [1.54, 1.807) is 24.3 Å². The van der Waals surface area contributed by atoms with E-state index in [1.807, 2.05) is 49.4 Å². The first kappa shape index (κ1) is 17.5. The van der Waals surface area contributed by atoms with Crippen LogP contribution in [0.2, 0.25) is 0 Å². The highest BCUT2D eigenvalue weighted by atomic mass is 31.2. The van der Waals surface area contributed by atoms with Gasteiger partial charge in [-0.15, -0.1) is 0 Å². The van der Waals surface area contributed by atoms with Gasteiger partial charge >= 0.3 is 7.82 Å². The summed E-state index contributed by atoms with van der Waals surface area (Å²) in [6, 6.07) is 19.7. The summed E-state index contributed by atoms with van der Waals surface area (Å²) in [6.45, 7) is 1.92. The van der Waals surface area contributed by atoms with E-state index in [0.29, 0.717) is 5.75 Å². The Bertz CT molecular complexity index is 903. The van der Waals surface area contributed by atoms with Crippen molar-refractivity contribution in [2.24, 2.45) is 5.73 Å². The Morgan fingerprint density at radius 3 is 2.40 bits per heavy atom. The van der Waals surface area contributed by atoms with Crippen LogP contribution in [0, 0.1) is 0 Å². The van der Waals surface area contributed by atoms with E-state index in [0.717, 1.165) is 22.8 Å². The fourth-order valence-corrected chi connectivity index (χ4v) is 3.44. The summed E-state index contributed by atoms with van der Waals surface area (Å²) in [5, 5.41) is 1.66. The monoisotopic (exact) mass is 357 g/mol. The number of hydrogen-bond acceptors (Lipinski definition) is 4. The second-order valence-corrected chi connectivity index (χ2v) is 7.26. The fourth-order valence-electron chi connectivity index (χ4n) is 2.61. The van der Waals surface area contributed by atoms with Gasteiger partial charge in [0.05, 0.1) is 0 Å². The highest BCUT2D eigenvalue weighted by molar-refractivity contribution is 7.48. The molecule has 3 aromatic carbocycles. The smallest absolute Gasteiger partial charge is 0.395 e. The van der Waals surface area contributed by atoms with Gasteiger partial charge in [-0.1, -0.05) is 48.5 Å². The zero-order chi connectivity index (χ0) is 17.9. The maximum atomic E-state index is 12.4. The van der Waals surface area contributed by atoms with Crippen molar-refractivity contribution in [1.82, 2.24) is 0 Å². The Hall–Kier alpha value is -2.33. The Morgan fingerprint density at radius 1 is 1.00 bits per heavy atom. The van der Waals surface area contributed by atoms with Crippen molar-refractivity contribution >= 4 is 18.6 Å². The number of benzene rings is 3. The maximum Gasteiger partial charge on any atom is 0.584 e. The molecule has 0 fully saturated rings. The van der Waals surface area contributed by atoms with Crippen molar-refractivity contribution in [3.8, 4) is 11.5 Å². The minimum Gasteiger partial charge on any atom is -0.395 e. The first-order valence-electron chi connectivity index (χ1n) is 7.97. The molecule has 0 aliphatic heterocycles. The van der Waals surface area contributed by atoms with Gasteiger partial charge in [-0.3, -0.25) is 4.89 Å². The molecule has 130 valence electrons. The Labute approximate surface area is 146 Å². The van der Waals surface area contributed by atoms with E-state index >= 15 is 0 Å². The Balaban J connectivity index is 1.76. The SMILES string of the molecule is CC(N)Cc1ccc(OP(=O)(O)Oc2cccc3ccccc23)cc1. The van der Waals surface area contributed by atoms with Crippen LogP contribution in [0.4, 0.5) is 0 Å². The molecule has 0 bridgehead atoms. The van der Waals surface area contributed by atoms with Gasteiger partial charge in [0.15, 0.2) is 0 Å². The van der Waals surface area contributed by atoms with Crippen molar-refractivity contribution in [3.63, 3.8) is 0 Å². The number of phosphoric ester groups is 1. The molecular formula is C19H20NO4P. The second kappa shape index (κ2) is 7.28. The number of phosphoric acid groups is 1. The first-order valence-corrected chi connectivity index (χ1v) is 9.47. The van der Waals surface area contributed by atoms with Gasteiger partial charge in [-0.25, -0.2) is 4.57 Å². The molecule has 0 saturated carbocycles. The van der Waals surface area contributed by atoms with Gasteiger partial charge in [-0.2, -0.15) is 0 Å². The van der Waals surface area contributed by atoms with Crippen LogP contribution in [0.15, 0.2) is 66.7 Å². The molecule has 3 rings (SSSR count). The summed E-state index contributed by atoms with van der Waals surface area (Å²) >= 11 is 0. The second-order valence-electron chi connectivity index (χ2n) is 5.95. The van der Waals surface area contributed by atoms with Gasteiger partial charge in [0.2, 0.25) is 0 Å². The van der Waals surface area contributed by atoms with Crippen molar-refractivity contribution < 1.29 is 18.5 Å². The molecule has 0 aromatic heterocycles. The molecule has 0 saturated heterocycles. The Kier molecular flexibility index (Phi) is 5.09. The molecule has 2 atom stereocenters. The van der Waals surface area contributed by atoms with E-state index in [-0.39, 0.29) is 11.8 Å². The fraction of sp³-hybridized carbons (Fsp3) is 0.158. The average molecular weight is 357 g/mol. The third-order valence-corrected chi connectivity index (χ3v) is 4.53. The third-order valence-electron chi connectivity index (χ3n) is 3.67. The molecule has 5 nitrogen and oxygen atoms in total. The molecule has 3 N–H and O–H groups in total. The lowest BCUT2D eigenvalue weighted by Crippen LogP contribution is -2.17. The lowest BCUT2D eigenvalue weighted by molar-refractivity contribution is 0.292. The molecule has 25 heavy (non-hydrogen) atoms. The number of nitrogens with two attached hydrogens (primary N) is 1. The molecule has 0 spiro atoms. The molecular weight excluding hydrogens is 337 g/mol. The van der Waals surface area contributed by atoms with Gasteiger partial charge in [-0.05, 0) is 42.5 Å². The highest BCUT2D eigenvalue weighted by Gasteiger charge is 2.26. The number of rotatable bonds is 6. The van der Waals surface area contributed by atoms with Crippen LogP contribution in [-0.2, 0) is 11.0 Å². The predicted molar refractivity (Wildman–Crippen MR) is 98.8 cm³/mol. The average Bonchev–Trinajstić information content (AvgIpc) is 2.56. The molecule has 0 aliphatic rings. The van der Waals surface area contributed by atoms with Crippen molar-refractivity contribution in [1.29, 1.82) is 0 Å². The summed E-state index contributed by atoms with van der Waals surface area (Å²) in [5.41, 5.74) is 6.79. The molecule has 2 unspecified atom stereocenters. The predicted octanol–water partition coefficient (Wildman–Crippen LogP) is 4.29. The van der Waals surface area contributed by atoms with Gasteiger partial charge < -0.3 is 14.8 Å². The Morgan fingerprint density at radius 2 is 1.68 bits per heavy atom. The van der Waals surface area contributed by atoms with Gasteiger partial charge in [0, 0.05) is 11.4 Å². The van der Waals surface area contributed by atoms with Crippen LogP contribution < -0.4 is 14.8 Å². The molecule has 3 aromatic rings. The van der Waals surface area contributed by atoms with E-state index in [9.17, 15) is 9.46 Å². The van der Waals surface area contributed by atoms with Crippen LogP contribution in [-0.4, -0.2) is 10.9 Å². The topological polar surface area (TPSA) is 81.8 Å². The van der Waals surface area contributed by atoms with E-state index in [4.69, 9.17) is 14.8 Å². The van der Waals surface area contributed by atoms with Crippen molar-refractivity contribution in [2.45, 2.75) is 19.4 Å². The van der Waals surface area contributed by atoms with Gasteiger partial charge in [0.25, 0.3) is 0 Å². The summed E-state index contributed by atoms with van der Waals surface area (Å²) < 4.78 is 22.8. The molecule has 0 heterocycles. The molecule has 0 amide bonds. The first-order chi connectivity index (χ1) is 11.9. The van der Waals surface area contributed by atoms with Crippen LogP contribution in [0.3, 0.4) is 0 Å². The van der Waals surface area contributed by atoms with Crippen molar-refractivity contribution in [3.05, 3.63) is 72.3 Å². The van der Waals surface area contributed by atoms with E-state index in [1.165, 1.54) is 0 Å². The summed E-state index contributed by atoms with van der Waals surface area (Å²) in [5.74, 6) is 0.567. The van der Waals surface area contributed by atoms with Gasteiger partial charge in [0.1, 0.15) is 11.5 Å². The van der Waals surface area contributed by atoms with Crippen LogP contribution in [0.5, 0.6) is 11.5 Å². The van der Waals surface area contributed by atoms with Crippen LogP contribution >= 0.6 is 7.82 Å². The lowest BCUT2D eigenvalue weighted by atomic mass is 10.1. The van der Waals surface area contributed by atoms with Crippen LogP contribution in [0.1, 0.15) is 12.5 Å². The van der Waals surface area contributed by atoms with Crippen LogP contribution in [0.25, 0.3) is 10.8 Å². The molecule has 0 aliphatic carbocycles. The maximum absolute atomic E-state index is 12.4. The summed E-state index contributed by atoms with van der Waals surface area (Å²) in [6.07, 6.45) is 0.726. The van der Waals surface area contributed by atoms with E-state index < -0.39 is 7.82 Å². The third kappa shape index (κ3) is 4.60. The quantitative estimate of drug-likeness (QED) is 0.643. The number of hydrogen-bond donors (Lipinski definition) is 2. The minimum atomic E-state index is -4.31. The number of fused-ring (bicyclic) bond motifs is 1. The molecule has 0 radical (unpaired) electrons. The minimum absolute atomic E-state index is 0.0467. The highest BCUT2D eigenvalue weighted by Crippen LogP contribution is 2.46. The lowest BCUT2D eigenvalue weighted by Gasteiger charge is -2.15. The normalized spacial score (nSPS) is 14.7. The van der Waals surface area contributed by atoms with E-state index in [2.05, 4.69) is 0 Å². The van der Waals surface area contributed by atoms with Crippen molar-refractivity contribution in [2.75, 3.05) is 0 Å². The summed E-state index contributed by atoms with van der Waals surface area (Å²) in [4.78, 5) is 10.1. The molecule has 6 heteroatoms.